The molecule has 0 aliphatic carbocycles. The number of nitrogens with two attached hydrogens (primary N) is 1. The minimum Gasteiger partial charge on any atom is -0.336 e. The van der Waals surface area contributed by atoms with Gasteiger partial charge in [-0.2, -0.15) is 0 Å². The third-order valence-corrected chi connectivity index (χ3v) is 4.40. The lowest BCUT2D eigenvalue weighted by Crippen LogP contribution is -2.35. The lowest BCUT2D eigenvalue weighted by Gasteiger charge is -2.26. The average Bonchev–Trinajstić information content (AvgIpc) is 2.88. The molecule has 0 aromatic heterocycles. The number of carbonyl (C=O) groups is 1. The van der Waals surface area contributed by atoms with Crippen LogP contribution < -0.4 is 5.73 Å². The van der Waals surface area contributed by atoms with Crippen molar-refractivity contribution in [1.82, 2.24) is 4.90 Å². The Balaban J connectivity index is 2.05. The Hall–Kier alpha value is -0.870. The highest BCUT2D eigenvalue weighted by Gasteiger charge is 2.30. The van der Waals surface area contributed by atoms with Gasteiger partial charge in [-0.1, -0.05) is 41.4 Å². The first-order valence-corrected chi connectivity index (χ1v) is 8.21. The second kappa shape index (κ2) is 7.23. The van der Waals surface area contributed by atoms with Crippen LogP contribution in [-0.4, -0.2) is 23.4 Å². The van der Waals surface area contributed by atoms with Crippen molar-refractivity contribution in [2.75, 3.05) is 6.54 Å². The van der Waals surface area contributed by atoms with E-state index in [1.165, 1.54) is 5.56 Å². The van der Waals surface area contributed by atoms with E-state index in [1.54, 1.807) is 0 Å². The summed E-state index contributed by atoms with van der Waals surface area (Å²) in [6, 6.07) is 8.48. The molecule has 0 radical (unpaired) electrons. The van der Waals surface area contributed by atoms with Crippen molar-refractivity contribution in [3.63, 3.8) is 0 Å². The number of benzene rings is 1. The zero-order chi connectivity index (χ0) is 14.5. The molecule has 1 aliphatic heterocycles. The summed E-state index contributed by atoms with van der Waals surface area (Å²) >= 11 is 3.50. The second-order valence-electron chi connectivity index (χ2n) is 5.55. The number of nitrogens with zero attached hydrogens (tertiary/aromatic N) is 1. The first kappa shape index (κ1) is 15.5. The van der Waals surface area contributed by atoms with E-state index < -0.39 is 0 Å². The van der Waals surface area contributed by atoms with Crippen LogP contribution in [0.1, 0.15) is 50.6 Å². The maximum atomic E-state index is 12.4. The van der Waals surface area contributed by atoms with Gasteiger partial charge in [0.05, 0.1) is 6.04 Å². The summed E-state index contributed by atoms with van der Waals surface area (Å²) in [6.45, 7) is 2.96. The van der Waals surface area contributed by atoms with E-state index in [0.29, 0.717) is 6.42 Å². The Morgan fingerprint density at radius 3 is 3.05 bits per heavy atom. The van der Waals surface area contributed by atoms with Gasteiger partial charge in [-0.15, -0.1) is 0 Å². The Morgan fingerprint density at radius 2 is 2.35 bits per heavy atom. The molecule has 1 aromatic carbocycles. The summed E-state index contributed by atoms with van der Waals surface area (Å²) < 4.78 is 1.07. The van der Waals surface area contributed by atoms with Crippen LogP contribution in [0, 0.1) is 0 Å². The molecule has 0 bridgehead atoms. The first-order valence-electron chi connectivity index (χ1n) is 7.42. The molecule has 20 heavy (non-hydrogen) atoms. The topological polar surface area (TPSA) is 46.3 Å². The second-order valence-corrected chi connectivity index (χ2v) is 6.47. The fourth-order valence-electron chi connectivity index (χ4n) is 2.94. The van der Waals surface area contributed by atoms with Crippen molar-refractivity contribution in [2.45, 2.75) is 51.1 Å². The van der Waals surface area contributed by atoms with Gasteiger partial charge >= 0.3 is 0 Å². The van der Waals surface area contributed by atoms with E-state index in [4.69, 9.17) is 5.73 Å². The molecule has 0 saturated carbocycles. The Bertz CT molecular complexity index is 464. The van der Waals surface area contributed by atoms with Gasteiger partial charge in [0.25, 0.3) is 0 Å². The van der Waals surface area contributed by atoms with E-state index in [1.807, 2.05) is 17.0 Å². The van der Waals surface area contributed by atoms with Gasteiger partial charge in [0.2, 0.25) is 5.91 Å². The number of likely N-dealkylation sites (tertiary alicyclic amines) is 1. The van der Waals surface area contributed by atoms with Crippen LogP contribution in [0.3, 0.4) is 0 Å². The van der Waals surface area contributed by atoms with Crippen LogP contribution in [-0.2, 0) is 4.79 Å². The fraction of sp³-hybridized carbons (Fsp3) is 0.562. The van der Waals surface area contributed by atoms with Gasteiger partial charge in [-0.05, 0) is 37.0 Å². The molecular weight excluding hydrogens is 316 g/mol. The molecule has 2 atom stereocenters. The quantitative estimate of drug-likeness (QED) is 0.890. The summed E-state index contributed by atoms with van der Waals surface area (Å²) in [5, 5.41) is 0. The Kier molecular flexibility index (Phi) is 5.61. The molecule has 1 aromatic rings. The van der Waals surface area contributed by atoms with Gasteiger partial charge in [-0.3, -0.25) is 4.79 Å². The number of halogens is 1. The number of carbonyl (C=O) groups excluding carboxylic acids is 1. The summed E-state index contributed by atoms with van der Waals surface area (Å²) in [7, 11) is 0. The number of hydrogen-bond acceptors (Lipinski definition) is 2. The molecule has 4 heteroatoms. The van der Waals surface area contributed by atoms with E-state index in [-0.39, 0.29) is 18.0 Å². The standard InChI is InChI=1S/C16H23BrN2O/c1-2-5-14(18)11-16(20)19-9-4-8-15(19)12-6-3-7-13(17)10-12/h3,6-7,10,14-15H,2,4-5,8-9,11,18H2,1H3. The maximum absolute atomic E-state index is 12.4. The third kappa shape index (κ3) is 3.83. The maximum Gasteiger partial charge on any atom is 0.224 e. The number of rotatable bonds is 5. The zero-order valence-electron chi connectivity index (χ0n) is 12.0. The predicted octanol–water partition coefficient (Wildman–Crippen LogP) is 3.63. The molecule has 1 amide bonds. The lowest BCUT2D eigenvalue weighted by atomic mass is 10.0. The number of hydrogen-bond donors (Lipinski definition) is 1. The molecule has 0 spiro atoms. The average molecular weight is 339 g/mol. The first-order chi connectivity index (χ1) is 9.61. The number of amides is 1. The van der Waals surface area contributed by atoms with E-state index in [9.17, 15) is 4.79 Å². The molecule has 1 heterocycles. The highest BCUT2D eigenvalue weighted by Crippen LogP contribution is 2.33. The molecule has 2 unspecified atom stereocenters. The zero-order valence-corrected chi connectivity index (χ0v) is 13.6. The minimum atomic E-state index is -0.00346. The Morgan fingerprint density at radius 1 is 1.55 bits per heavy atom. The van der Waals surface area contributed by atoms with Crippen molar-refractivity contribution < 1.29 is 4.79 Å². The van der Waals surface area contributed by atoms with E-state index in [2.05, 4.69) is 35.0 Å². The van der Waals surface area contributed by atoms with Crippen molar-refractivity contribution >= 4 is 21.8 Å². The van der Waals surface area contributed by atoms with Crippen molar-refractivity contribution in [3.8, 4) is 0 Å². The van der Waals surface area contributed by atoms with E-state index >= 15 is 0 Å². The van der Waals surface area contributed by atoms with Crippen LogP contribution in [0.5, 0.6) is 0 Å². The van der Waals surface area contributed by atoms with Crippen molar-refractivity contribution in [1.29, 1.82) is 0 Å². The monoisotopic (exact) mass is 338 g/mol. The summed E-state index contributed by atoms with van der Waals surface area (Å²) in [5.41, 5.74) is 7.22. The van der Waals surface area contributed by atoms with Crippen LogP contribution in [0.4, 0.5) is 0 Å². The highest BCUT2D eigenvalue weighted by atomic mass is 79.9. The molecule has 1 aliphatic rings. The largest absolute Gasteiger partial charge is 0.336 e. The van der Waals surface area contributed by atoms with Crippen molar-refractivity contribution in [2.24, 2.45) is 5.73 Å². The highest BCUT2D eigenvalue weighted by molar-refractivity contribution is 9.10. The third-order valence-electron chi connectivity index (χ3n) is 3.90. The van der Waals surface area contributed by atoms with Crippen LogP contribution in [0.25, 0.3) is 0 Å². The van der Waals surface area contributed by atoms with Gasteiger partial charge in [-0.25, -0.2) is 0 Å². The molecule has 3 nitrogen and oxygen atoms in total. The smallest absolute Gasteiger partial charge is 0.224 e. The van der Waals surface area contributed by atoms with Crippen LogP contribution in [0.2, 0.25) is 0 Å². The summed E-state index contributed by atoms with van der Waals surface area (Å²) in [5.74, 6) is 0.202. The van der Waals surface area contributed by atoms with Crippen LogP contribution >= 0.6 is 15.9 Å². The summed E-state index contributed by atoms with van der Waals surface area (Å²) in [6.07, 6.45) is 4.54. The molecule has 2 rings (SSSR count). The Labute approximate surface area is 129 Å². The fourth-order valence-corrected chi connectivity index (χ4v) is 3.36. The van der Waals surface area contributed by atoms with Gasteiger partial charge in [0, 0.05) is 23.5 Å². The molecule has 1 fully saturated rings. The van der Waals surface area contributed by atoms with Crippen LogP contribution in [0.15, 0.2) is 28.7 Å². The summed E-state index contributed by atoms with van der Waals surface area (Å²) in [4.78, 5) is 14.4. The van der Waals surface area contributed by atoms with E-state index in [0.717, 1.165) is 36.7 Å². The molecular formula is C16H23BrN2O. The minimum absolute atomic E-state index is 0.00346. The molecule has 2 N–H and O–H groups in total. The SMILES string of the molecule is CCCC(N)CC(=O)N1CCCC1c1cccc(Br)c1. The van der Waals surface area contributed by atoms with Gasteiger partial charge in [0.1, 0.15) is 0 Å². The normalized spacial score (nSPS) is 20.1. The van der Waals surface area contributed by atoms with Gasteiger partial charge < -0.3 is 10.6 Å². The molecule has 1 saturated heterocycles. The van der Waals surface area contributed by atoms with Gasteiger partial charge in [0.15, 0.2) is 0 Å². The van der Waals surface area contributed by atoms with Crippen molar-refractivity contribution in [3.05, 3.63) is 34.3 Å². The lowest BCUT2D eigenvalue weighted by molar-refractivity contribution is -0.132. The predicted molar refractivity (Wildman–Crippen MR) is 85.3 cm³/mol. The molecule has 110 valence electrons.